The summed E-state index contributed by atoms with van der Waals surface area (Å²) in [6.45, 7) is 1.33. The van der Waals surface area contributed by atoms with Crippen molar-refractivity contribution >= 4 is 5.91 Å². The summed E-state index contributed by atoms with van der Waals surface area (Å²) in [5.41, 5.74) is 3.90. The maximum atomic E-state index is 11.1. The molecule has 5 N–H and O–H groups in total. The van der Waals surface area contributed by atoms with Gasteiger partial charge in [0.15, 0.2) is 11.5 Å². The summed E-state index contributed by atoms with van der Waals surface area (Å²) in [6.07, 6.45) is 0. The normalized spacial score (nSPS) is 14.8. The van der Waals surface area contributed by atoms with Gasteiger partial charge in [-0.05, 0) is 23.3 Å². The Kier molecular flexibility index (Phi) is 2.67. The van der Waals surface area contributed by atoms with E-state index in [1.807, 2.05) is 4.90 Å². The highest BCUT2D eigenvalue weighted by Crippen LogP contribution is 2.33. The lowest BCUT2D eigenvalue weighted by Gasteiger charge is -2.12. The minimum atomic E-state index is -0.263. The van der Waals surface area contributed by atoms with E-state index in [9.17, 15) is 15.0 Å². The Balaban J connectivity index is 2.12. The van der Waals surface area contributed by atoms with E-state index in [1.54, 1.807) is 0 Å². The number of phenols is 2. The van der Waals surface area contributed by atoms with Gasteiger partial charge >= 0.3 is 0 Å². The largest absolute Gasteiger partial charge is 0.504 e. The molecule has 2 rings (SSSR count). The van der Waals surface area contributed by atoms with Gasteiger partial charge in [0.2, 0.25) is 5.91 Å². The summed E-state index contributed by atoms with van der Waals surface area (Å²) in [7, 11) is 0. The van der Waals surface area contributed by atoms with Crippen LogP contribution in [0.4, 0.5) is 0 Å². The Labute approximate surface area is 92.3 Å². The molecule has 1 aromatic carbocycles. The zero-order valence-corrected chi connectivity index (χ0v) is 8.60. The van der Waals surface area contributed by atoms with Crippen molar-refractivity contribution in [2.75, 3.05) is 6.54 Å². The van der Waals surface area contributed by atoms with Gasteiger partial charge in [0.1, 0.15) is 0 Å². The SMILES string of the molecule is NNC(=O)CN1Cc2cc(O)c(O)cc2C1. The molecule has 0 radical (unpaired) electrons. The Morgan fingerprint density at radius 3 is 2.25 bits per heavy atom. The van der Waals surface area contributed by atoms with Crippen LogP contribution in [0.5, 0.6) is 11.5 Å². The average molecular weight is 223 g/mol. The van der Waals surface area contributed by atoms with Crippen LogP contribution in [0, 0.1) is 0 Å². The van der Waals surface area contributed by atoms with Gasteiger partial charge in [0.25, 0.3) is 0 Å². The fourth-order valence-corrected chi connectivity index (χ4v) is 1.86. The van der Waals surface area contributed by atoms with Crippen LogP contribution in [0.3, 0.4) is 0 Å². The second kappa shape index (κ2) is 3.99. The van der Waals surface area contributed by atoms with E-state index in [4.69, 9.17) is 5.84 Å². The number of amides is 1. The van der Waals surface area contributed by atoms with Crippen LogP contribution in [-0.4, -0.2) is 27.6 Å². The van der Waals surface area contributed by atoms with Gasteiger partial charge in [-0.2, -0.15) is 0 Å². The number of phenolic OH excluding ortho intramolecular Hbond substituents is 2. The smallest absolute Gasteiger partial charge is 0.248 e. The Morgan fingerprint density at radius 2 is 1.81 bits per heavy atom. The zero-order valence-electron chi connectivity index (χ0n) is 8.60. The quantitative estimate of drug-likeness (QED) is 0.232. The second-order valence-electron chi connectivity index (χ2n) is 3.82. The van der Waals surface area contributed by atoms with E-state index in [0.717, 1.165) is 11.1 Å². The van der Waals surface area contributed by atoms with Gasteiger partial charge in [-0.15, -0.1) is 0 Å². The second-order valence-corrected chi connectivity index (χ2v) is 3.82. The molecule has 86 valence electrons. The van der Waals surface area contributed by atoms with E-state index in [1.165, 1.54) is 12.1 Å². The van der Waals surface area contributed by atoms with Crippen molar-refractivity contribution in [2.24, 2.45) is 5.84 Å². The van der Waals surface area contributed by atoms with Gasteiger partial charge in [-0.3, -0.25) is 15.1 Å². The lowest BCUT2D eigenvalue weighted by atomic mass is 10.1. The molecule has 6 nitrogen and oxygen atoms in total. The van der Waals surface area contributed by atoms with E-state index in [2.05, 4.69) is 5.43 Å². The minimum Gasteiger partial charge on any atom is -0.504 e. The first-order chi connectivity index (χ1) is 7.60. The lowest BCUT2D eigenvalue weighted by Crippen LogP contribution is -2.38. The summed E-state index contributed by atoms with van der Waals surface area (Å²) >= 11 is 0. The van der Waals surface area contributed by atoms with Crippen molar-refractivity contribution in [2.45, 2.75) is 13.1 Å². The van der Waals surface area contributed by atoms with Crippen molar-refractivity contribution in [1.29, 1.82) is 0 Å². The van der Waals surface area contributed by atoms with Crippen molar-refractivity contribution in [1.82, 2.24) is 10.3 Å². The van der Waals surface area contributed by atoms with Gasteiger partial charge in [-0.1, -0.05) is 0 Å². The molecule has 1 aromatic rings. The third-order valence-electron chi connectivity index (χ3n) is 2.61. The van der Waals surface area contributed by atoms with Crippen LogP contribution < -0.4 is 11.3 Å². The highest BCUT2D eigenvalue weighted by Gasteiger charge is 2.22. The number of rotatable bonds is 2. The first kappa shape index (κ1) is 10.7. The summed E-state index contributed by atoms with van der Waals surface area (Å²) in [5.74, 6) is 4.46. The van der Waals surface area contributed by atoms with E-state index in [0.29, 0.717) is 13.1 Å². The number of fused-ring (bicyclic) bond motifs is 1. The maximum absolute atomic E-state index is 11.1. The molecule has 0 spiro atoms. The van der Waals surface area contributed by atoms with Crippen molar-refractivity contribution in [3.05, 3.63) is 23.3 Å². The number of nitrogens with two attached hydrogens (primary N) is 1. The summed E-state index contributed by atoms with van der Waals surface area (Å²) in [4.78, 5) is 12.9. The molecule has 0 aliphatic carbocycles. The molecule has 0 aromatic heterocycles. The Bertz CT molecular complexity index is 403. The van der Waals surface area contributed by atoms with E-state index >= 15 is 0 Å². The number of nitrogens with one attached hydrogen (secondary N) is 1. The number of nitrogens with zero attached hydrogens (tertiary/aromatic N) is 1. The molecule has 1 aliphatic rings. The Hall–Kier alpha value is -1.79. The number of hydrogen-bond acceptors (Lipinski definition) is 5. The highest BCUT2D eigenvalue weighted by atomic mass is 16.3. The van der Waals surface area contributed by atoms with Crippen LogP contribution in [0.2, 0.25) is 0 Å². The molecule has 1 heterocycles. The summed E-state index contributed by atoms with van der Waals surface area (Å²) < 4.78 is 0. The monoisotopic (exact) mass is 223 g/mol. The van der Waals surface area contributed by atoms with Crippen molar-refractivity contribution in [3.8, 4) is 11.5 Å². The fourth-order valence-electron chi connectivity index (χ4n) is 1.86. The van der Waals surface area contributed by atoms with E-state index in [-0.39, 0.29) is 24.0 Å². The number of hydrogen-bond donors (Lipinski definition) is 4. The number of aromatic hydroxyl groups is 2. The van der Waals surface area contributed by atoms with Crippen LogP contribution >= 0.6 is 0 Å². The predicted molar refractivity (Wildman–Crippen MR) is 56.2 cm³/mol. The molecule has 0 unspecified atom stereocenters. The molecule has 0 saturated carbocycles. The van der Waals surface area contributed by atoms with Crippen LogP contribution in [0.1, 0.15) is 11.1 Å². The third-order valence-corrected chi connectivity index (χ3v) is 2.61. The van der Waals surface area contributed by atoms with Gasteiger partial charge < -0.3 is 10.2 Å². The molecule has 1 amide bonds. The molecular weight excluding hydrogens is 210 g/mol. The predicted octanol–water partition coefficient (Wildman–Crippen LogP) is -0.597. The summed E-state index contributed by atoms with van der Waals surface area (Å²) in [6, 6.07) is 3.04. The fraction of sp³-hybridized carbons (Fsp3) is 0.300. The van der Waals surface area contributed by atoms with Gasteiger partial charge in [0.05, 0.1) is 6.54 Å². The number of carbonyl (C=O) groups is 1. The molecule has 16 heavy (non-hydrogen) atoms. The molecule has 1 aliphatic heterocycles. The van der Waals surface area contributed by atoms with Crippen molar-refractivity contribution in [3.63, 3.8) is 0 Å². The summed E-state index contributed by atoms with van der Waals surface area (Å²) in [5, 5.41) is 18.7. The van der Waals surface area contributed by atoms with Crippen LogP contribution in [0.25, 0.3) is 0 Å². The Morgan fingerprint density at radius 1 is 1.31 bits per heavy atom. The molecule has 6 heteroatoms. The molecule has 0 atom stereocenters. The average Bonchev–Trinajstić information content (AvgIpc) is 2.60. The molecule has 0 saturated heterocycles. The number of hydrazine groups is 1. The van der Waals surface area contributed by atoms with Crippen molar-refractivity contribution < 1.29 is 15.0 Å². The van der Waals surface area contributed by atoms with Gasteiger partial charge in [0, 0.05) is 13.1 Å². The zero-order chi connectivity index (χ0) is 11.7. The van der Waals surface area contributed by atoms with Crippen LogP contribution in [0.15, 0.2) is 12.1 Å². The maximum Gasteiger partial charge on any atom is 0.248 e. The molecular formula is C10H13N3O3. The highest BCUT2D eigenvalue weighted by molar-refractivity contribution is 5.77. The lowest BCUT2D eigenvalue weighted by molar-refractivity contribution is -0.122. The standard InChI is InChI=1S/C10H13N3O3/c11-12-10(16)5-13-3-6-1-8(14)9(15)2-7(6)4-13/h1-2,14-15H,3-5,11H2,(H,12,16). The third kappa shape index (κ3) is 1.93. The molecule has 0 bridgehead atoms. The molecule has 0 fully saturated rings. The minimum absolute atomic E-state index is 0.135. The van der Waals surface area contributed by atoms with E-state index < -0.39 is 0 Å². The topological polar surface area (TPSA) is 98.8 Å². The first-order valence-electron chi connectivity index (χ1n) is 4.85. The van der Waals surface area contributed by atoms with Gasteiger partial charge in [-0.25, -0.2) is 5.84 Å². The number of benzene rings is 1. The van der Waals surface area contributed by atoms with Crippen LogP contribution in [-0.2, 0) is 17.9 Å². The first-order valence-corrected chi connectivity index (χ1v) is 4.85. The number of carbonyl (C=O) groups excluding carboxylic acids is 1.